The summed E-state index contributed by atoms with van der Waals surface area (Å²) in [5.74, 6) is -0.158. The normalized spacial score (nSPS) is 21.2. The van der Waals surface area contributed by atoms with Crippen LogP contribution in [0.15, 0.2) is 18.2 Å². The number of carbonyl (C=O) groups excluding carboxylic acids is 1. The number of morpholine rings is 1. The van der Waals surface area contributed by atoms with Crippen molar-refractivity contribution in [2.75, 3.05) is 19.7 Å². The van der Waals surface area contributed by atoms with Crippen LogP contribution >= 0.6 is 0 Å². The number of ether oxygens (including phenoxy) is 1. The summed E-state index contributed by atoms with van der Waals surface area (Å²) in [5.41, 5.74) is 7.09. The van der Waals surface area contributed by atoms with Crippen LogP contribution in [0.3, 0.4) is 0 Å². The maximum Gasteiger partial charge on any atom is 0.257 e. The summed E-state index contributed by atoms with van der Waals surface area (Å²) in [7, 11) is 0. The van der Waals surface area contributed by atoms with Crippen molar-refractivity contribution >= 4 is 5.91 Å². The number of nitrogens with two attached hydrogens (primary N) is 1. The molecule has 1 saturated heterocycles. The van der Waals surface area contributed by atoms with Gasteiger partial charge >= 0.3 is 0 Å². The lowest BCUT2D eigenvalue weighted by atomic mass is 10.1. The molecule has 1 aromatic rings. The minimum absolute atomic E-state index is 0.0134. The Bertz CT molecular complexity index is 474. The first-order chi connectivity index (χ1) is 8.99. The smallest absolute Gasteiger partial charge is 0.257 e. The quantitative estimate of drug-likeness (QED) is 0.831. The molecule has 5 heteroatoms. The number of hydrogen-bond donors (Lipinski definition) is 2. The van der Waals surface area contributed by atoms with Crippen LogP contribution in [0.2, 0.25) is 0 Å². The Morgan fingerprint density at radius 1 is 1.58 bits per heavy atom. The Hall–Kier alpha value is -1.59. The molecule has 1 aliphatic rings. The van der Waals surface area contributed by atoms with E-state index in [9.17, 15) is 9.90 Å². The lowest BCUT2D eigenvalue weighted by Gasteiger charge is -2.34. The van der Waals surface area contributed by atoms with Crippen LogP contribution in [0.25, 0.3) is 0 Å². The molecule has 2 atom stereocenters. The number of carbonyl (C=O) groups is 1. The minimum atomic E-state index is -0.171. The molecule has 1 fully saturated rings. The first-order valence-corrected chi connectivity index (χ1v) is 6.45. The van der Waals surface area contributed by atoms with Crippen LogP contribution in [-0.4, -0.2) is 47.8 Å². The Labute approximate surface area is 113 Å². The van der Waals surface area contributed by atoms with Gasteiger partial charge < -0.3 is 20.5 Å². The Morgan fingerprint density at radius 3 is 3.00 bits per heavy atom. The van der Waals surface area contributed by atoms with E-state index in [2.05, 4.69) is 0 Å². The summed E-state index contributed by atoms with van der Waals surface area (Å²) in [6.45, 7) is 5.22. The zero-order valence-electron chi connectivity index (χ0n) is 11.3. The molecule has 104 valence electrons. The predicted octanol–water partition coefficient (Wildman–Crippen LogP) is 0.889. The van der Waals surface area contributed by atoms with Crippen LogP contribution in [0, 0.1) is 6.92 Å². The number of amides is 1. The van der Waals surface area contributed by atoms with E-state index in [0.29, 0.717) is 25.3 Å². The zero-order chi connectivity index (χ0) is 14.0. The molecule has 1 heterocycles. The average molecular weight is 264 g/mol. The number of aromatic hydroxyl groups is 1. The largest absolute Gasteiger partial charge is 0.507 e. The summed E-state index contributed by atoms with van der Waals surface area (Å²) in [6, 6.07) is 4.90. The molecule has 2 unspecified atom stereocenters. The van der Waals surface area contributed by atoms with Crippen LogP contribution in [0.5, 0.6) is 5.75 Å². The van der Waals surface area contributed by atoms with Gasteiger partial charge in [0.05, 0.1) is 18.3 Å². The number of benzene rings is 1. The number of hydrogen-bond acceptors (Lipinski definition) is 4. The molecule has 0 aliphatic carbocycles. The second kappa shape index (κ2) is 5.59. The minimum Gasteiger partial charge on any atom is -0.507 e. The van der Waals surface area contributed by atoms with Gasteiger partial charge in [0.25, 0.3) is 5.91 Å². The number of rotatable bonds is 2. The fraction of sp³-hybridized carbons (Fsp3) is 0.500. The zero-order valence-corrected chi connectivity index (χ0v) is 11.3. The van der Waals surface area contributed by atoms with E-state index in [1.807, 2.05) is 13.8 Å². The van der Waals surface area contributed by atoms with Crippen molar-refractivity contribution in [2.24, 2.45) is 5.73 Å². The lowest BCUT2D eigenvalue weighted by Crippen LogP contribution is -2.51. The van der Waals surface area contributed by atoms with E-state index in [-0.39, 0.29) is 23.8 Å². The molecule has 0 saturated carbocycles. The molecule has 19 heavy (non-hydrogen) atoms. The third-order valence-electron chi connectivity index (χ3n) is 3.35. The van der Waals surface area contributed by atoms with Gasteiger partial charge in [0.1, 0.15) is 5.75 Å². The third kappa shape index (κ3) is 3.05. The summed E-state index contributed by atoms with van der Waals surface area (Å²) >= 11 is 0. The van der Waals surface area contributed by atoms with Gasteiger partial charge in [0.2, 0.25) is 0 Å². The second-order valence-corrected chi connectivity index (χ2v) is 5.04. The van der Waals surface area contributed by atoms with Crippen molar-refractivity contribution in [3.8, 4) is 5.75 Å². The fourth-order valence-electron chi connectivity index (χ4n) is 2.17. The Balaban J connectivity index is 2.17. The van der Waals surface area contributed by atoms with Crippen molar-refractivity contribution in [1.82, 2.24) is 4.90 Å². The van der Waals surface area contributed by atoms with Crippen LogP contribution in [0.1, 0.15) is 22.8 Å². The van der Waals surface area contributed by atoms with Crippen molar-refractivity contribution in [2.45, 2.75) is 26.0 Å². The number of phenolic OH excluding ortho intramolecular Hbond substituents is 1. The second-order valence-electron chi connectivity index (χ2n) is 5.04. The first kappa shape index (κ1) is 13.8. The van der Waals surface area contributed by atoms with Gasteiger partial charge in [-0.15, -0.1) is 0 Å². The van der Waals surface area contributed by atoms with E-state index < -0.39 is 0 Å². The Kier molecular flexibility index (Phi) is 4.07. The summed E-state index contributed by atoms with van der Waals surface area (Å²) in [6.07, 6.45) is -0.148. The van der Waals surface area contributed by atoms with Crippen LogP contribution < -0.4 is 5.73 Å². The standard InChI is InChI=1S/C14H20N2O3/c1-9-3-4-12(17)11(7-9)14(18)16-5-6-19-13(8-16)10(2)15/h3-4,7,10,13,17H,5-6,8,15H2,1-2H3. The highest BCUT2D eigenvalue weighted by Crippen LogP contribution is 2.21. The van der Waals surface area contributed by atoms with Crippen molar-refractivity contribution in [1.29, 1.82) is 0 Å². The fourth-order valence-corrected chi connectivity index (χ4v) is 2.17. The van der Waals surface area contributed by atoms with Gasteiger partial charge in [-0.05, 0) is 26.0 Å². The lowest BCUT2D eigenvalue weighted by molar-refractivity contribution is -0.0300. The van der Waals surface area contributed by atoms with E-state index in [1.54, 1.807) is 23.1 Å². The van der Waals surface area contributed by atoms with Gasteiger partial charge in [0, 0.05) is 19.1 Å². The highest BCUT2D eigenvalue weighted by molar-refractivity contribution is 5.97. The maximum atomic E-state index is 12.4. The first-order valence-electron chi connectivity index (χ1n) is 6.45. The molecular formula is C14H20N2O3. The Morgan fingerprint density at radius 2 is 2.32 bits per heavy atom. The predicted molar refractivity (Wildman–Crippen MR) is 72.1 cm³/mol. The number of phenols is 1. The number of aryl methyl sites for hydroxylation is 1. The maximum absolute atomic E-state index is 12.4. The highest BCUT2D eigenvalue weighted by Gasteiger charge is 2.28. The molecule has 3 N–H and O–H groups in total. The molecule has 0 aromatic heterocycles. The average Bonchev–Trinajstić information content (AvgIpc) is 2.41. The molecule has 5 nitrogen and oxygen atoms in total. The molecule has 0 spiro atoms. The van der Waals surface area contributed by atoms with Gasteiger partial charge in [-0.2, -0.15) is 0 Å². The van der Waals surface area contributed by atoms with E-state index in [1.165, 1.54) is 0 Å². The van der Waals surface area contributed by atoms with Gasteiger partial charge in [-0.25, -0.2) is 0 Å². The molecule has 1 aliphatic heterocycles. The van der Waals surface area contributed by atoms with Crippen LogP contribution in [0.4, 0.5) is 0 Å². The SMILES string of the molecule is Cc1ccc(O)c(C(=O)N2CCOC(C(C)N)C2)c1. The van der Waals surface area contributed by atoms with E-state index >= 15 is 0 Å². The molecule has 0 bridgehead atoms. The molecule has 2 rings (SSSR count). The molecule has 1 aromatic carbocycles. The van der Waals surface area contributed by atoms with Crippen molar-refractivity contribution in [3.05, 3.63) is 29.3 Å². The summed E-state index contributed by atoms with van der Waals surface area (Å²) in [4.78, 5) is 14.1. The van der Waals surface area contributed by atoms with Crippen molar-refractivity contribution in [3.63, 3.8) is 0 Å². The van der Waals surface area contributed by atoms with Crippen molar-refractivity contribution < 1.29 is 14.6 Å². The highest BCUT2D eigenvalue weighted by atomic mass is 16.5. The molecular weight excluding hydrogens is 244 g/mol. The van der Waals surface area contributed by atoms with Crippen LogP contribution in [-0.2, 0) is 4.74 Å². The summed E-state index contributed by atoms with van der Waals surface area (Å²) < 4.78 is 5.53. The van der Waals surface area contributed by atoms with Gasteiger partial charge in [0.15, 0.2) is 0 Å². The number of nitrogens with zero attached hydrogens (tertiary/aromatic N) is 1. The molecule has 0 radical (unpaired) electrons. The summed E-state index contributed by atoms with van der Waals surface area (Å²) in [5, 5.41) is 9.81. The monoisotopic (exact) mass is 264 g/mol. The topological polar surface area (TPSA) is 75.8 Å². The van der Waals surface area contributed by atoms with E-state index in [4.69, 9.17) is 10.5 Å². The van der Waals surface area contributed by atoms with Gasteiger partial charge in [-0.3, -0.25) is 4.79 Å². The third-order valence-corrected chi connectivity index (χ3v) is 3.35. The van der Waals surface area contributed by atoms with Gasteiger partial charge in [-0.1, -0.05) is 11.6 Å². The molecule has 1 amide bonds. The van der Waals surface area contributed by atoms with E-state index in [0.717, 1.165) is 5.56 Å².